The van der Waals surface area contributed by atoms with Gasteiger partial charge in [0.05, 0.1) is 14.8 Å². The summed E-state index contributed by atoms with van der Waals surface area (Å²) in [6.07, 6.45) is 2.63. The number of carbonyl (C=O) groups is 1. The van der Waals surface area contributed by atoms with Crippen LogP contribution < -0.4 is 10.6 Å². The summed E-state index contributed by atoms with van der Waals surface area (Å²) in [5.74, 6) is -0.146. The first-order valence-electron chi connectivity index (χ1n) is 5.53. The number of amides is 1. The summed E-state index contributed by atoms with van der Waals surface area (Å²) in [7, 11) is 1.55. The molecule has 0 atom stereocenters. The third kappa shape index (κ3) is 3.63. The highest BCUT2D eigenvalue weighted by Gasteiger charge is 2.28. The maximum atomic E-state index is 11.6. The Morgan fingerprint density at radius 1 is 1.53 bits per heavy atom. The summed E-state index contributed by atoms with van der Waals surface area (Å²) in [6, 6.07) is 0. The molecule has 7 nitrogen and oxygen atoms in total. The highest BCUT2D eigenvalue weighted by molar-refractivity contribution is 9.10. The van der Waals surface area contributed by atoms with Crippen LogP contribution in [0.25, 0.3) is 0 Å². The second-order valence-corrected chi connectivity index (χ2v) is 5.44. The lowest BCUT2D eigenvalue weighted by Crippen LogP contribution is -2.39. The predicted molar refractivity (Wildman–Crippen MR) is 74.9 cm³/mol. The summed E-state index contributed by atoms with van der Waals surface area (Å²) in [5.41, 5.74) is -0.509. The molecule has 1 aromatic rings. The normalized spacial score (nSPS) is 10.9. The number of hydrogen-bond acceptors (Lipinski definition) is 5. The summed E-state index contributed by atoms with van der Waals surface area (Å²) in [5, 5.41) is 16.4. The van der Waals surface area contributed by atoms with E-state index in [-0.39, 0.29) is 18.1 Å². The monoisotopic (exact) mass is 330 g/mol. The first-order valence-corrected chi connectivity index (χ1v) is 6.33. The minimum Gasteiger partial charge on any atom is -0.377 e. The van der Waals surface area contributed by atoms with Crippen LogP contribution in [0.15, 0.2) is 16.9 Å². The minimum absolute atomic E-state index is 0.137. The zero-order chi connectivity index (χ0) is 14.6. The highest BCUT2D eigenvalue weighted by Crippen LogP contribution is 2.32. The SMILES string of the molecule is CNC(=O)C(C)(C)CNc1c(Br)cncc1[N+](=O)[O-]. The Labute approximate surface area is 119 Å². The maximum Gasteiger partial charge on any atom is 0.311 e. The third-order valence-corrected chi connectivity index (χ3v) is 3.23. The Bertz CT molecular complexity index is 505. The van der Waals surface area contributed by atoms with Crippen LogP contribution in [0.1, 0.15) is 13.8 Å². The largest absolute Gasteiger partial charge is 0.377 e. The molecule has 1 heterocycles. The van der Waals surface area contributed by atoms with Gasteiger partial charge in [0.2, 0.25) is 5.91 Å². The Morgan fingerprint density at radius 2 is 2.16 bits per heavy atom. The molecule has 2 N–H and O–H groups in total. The molecule has 0 saturated heterocycles. The standard InChI is InChI=1S/C11H15BrN4O3/c1-11(2,10(17)13-3)6-15-9-7(12)4-14-5-8(9)16(18)19/h4-5H,6H2,1-3H3,(H,13,17)(H,14,15). The number of rotatable bonds is 5. The zero-order valence-electron chi connectivity index (χ0n) is 10.9. The highest BCUT2D eigenvalue weighted by atomic mass is 79.9. The van der Waals surface area contributed by atoms with E-state index in [0.29, 0.717) is 10.2 Å². The van der Waals surface area contributed by atoms with Gasteiger partial charge in [-0.15, -0.1) is 0 Å². The van der Waals surface area contributed by atoms with Crippen molar-refractivity contribution in [2.24, 2.45) is 5.41 Å². The van der Waals surface area contributed by atoms with Gasteiger partial charge in [-0.05, 0) is 29.8 Å². The van der Waals surface area contributed by atoms with Crippen LogP contribution in [0.2, 0.25) is 0 Å². The van der Waals surface area contributed by atoms with Gasteiger partial charge in [-0.1, -0.05) is 0 Å². The molecule has 0 aliphatic carbocycles. The minimum atomic E-state index is -0.689. The molecule has 1 rings (SSSR count). The van der Waals surface area contributed by atoms with E-state index in [1.165, 1.54) is 12.4 Å². The van der Waals surface area contributed by atoms with E-state index >= 15 is 0 Å². The Balaban J connectivity index is 2.95. The number of nitrogens with one attached hydrogen (secondary N) is 2. The van der Waals surface area contributed by atoms with E-state index < -0.39 is 10.3 Å². The number of pyridine rings is 1. The van der Waals surface area contributed by atoms with Crippen LogP contribution in [-0.2, 0) is 4.79 Å². The van der Waals surface area contributed by atoms with E-state index in [0.717, 1.165) is 0 Å². The van der Waals surface area contributed by atoms with Crippen molar-refractivity contribution < 1.29 is 9.72 Å². The van der Waals surface area contributed by atoms with Gasteiger partial charge in [0, 0.05) is 19.8 Å². The Morgan fingerprint density at radius 3 is 2.68 bits per heavy atom. The molecule has 8 heteroatoms. The van der Waals surface area contributed by atoms with Gasteiger partial charge in [-0.2, -0.15) is 0 Å². The average molecular weight is 331 g/mol. The van der Waals surface area contributed by atoms with E-state index in [1.54, 1.807) is 20.9 Å². The number of nitro groups is 1. The third-order valence-electron chi connectivity index (χ3n) is 2.63. The van der Waals surface area contributed by atoms with Crippen molar-refractivity contribution in [1.29, 1.82) is 0 Å². The first-order chi connectivity index (χ1) is 8.79. The molecule has 0 bridgehead atoms. The lowest BCUT2D eigenvalue weighted by molar-refractivity contribution is -0.384. The first kappa shape index (κ1) is 15.4. The molecular formula is C11H15BrN4O3. The van der Waals surface area contributed by atoms with Crippen molar-refractivity contribution in [1.82, 2.24) is 10.3 Å². The number of hydrogen-bond donors (Lipinski definition) is 2. The number of aromatic nitrogens is 1. The van der Waals surface area contributed by atoms with Crippen LogP contribution in [0, 0.1) is 15.5 Å². The average Bonchev–Trinajstić information content (AvgIpc) is 2.35. The number of nitrogens with zero attached hydrogens (tertiary/aromatic N) is 2. The van der Waals surface area contributed by atoms with Crippen LogP contribution in [0.4, 0.5) is 11.4 Å². The molecule has 1 amide bonds. The summed E-state index contributed by atoms with van der Waals surface area (Å²) in [4.78, 5) is 25.8. The van der Waals surface area contributed by atoms with Crippen LogP contribution >= 0.6 is 15.9 Å². The predicted octanol–water partition coefficient (Wildman–Crippen LogP) is 1.94. The van der Waals surface area contributed by atoms with Crippen LogP contribution in [0.3, 0.4) is 0 Å². The fourth-order valence-corrected chi connectivity index (χ4v) is 1.93. The second kappa shape index (κ2) is 5.96. The van der Waals surface area contributed by atoms with E-state index in [2.05, 4.69) is 31.5 Å². The van der Waals surface area contributed by atoms with Gasteiger partial charge in [0.15, 0.2) is 0 Å². The van der Waals surface area contributed by atoms with Gasteiger partial charge < -0.3 is 10.6 Å². The van der Waals surface area contributed by atoms with Gasteiger partial charge in [-0.25, -0.2) is 0 Å². The van der Waals surface area contributed by atoms with Gasteiger partial charge in [-0.3, -0.25) is 19.9 Å². The molecular weight excluding hydrogens is 316 g/mol. The molecule has 0 saturated carbocycles. The van der Waals surface area contributed by atoms with Crippen LogP contribution in [-0.4, -0.2) is 29.4 Å². The van der Waals surface area contributed by atoms with Gasteiger partial charge in [0.25, 0.3) is 0 Å². The number of carbonyl (C=O) groups excluding carboxylic acids is 1. The van der Waals surface area contributed by atoms with Crippen molar-refractivity contribution in [3.8, 4) is 0 Å². The zero-order valence-corrected chi connectivity index (χ0v) is 12.4. The van der Waals surface area contributed by atoms with Crippen molar-refractivity contribution >= 4 is 33.2 Å². The topological polar surface area (TPSA) is 97.2 Å². The molecule has 0 aliphatic heterocycles. The van der Waals surface area contributed by atoms with Crippen molar-refractivity contribution in [2.75, 3.05) is 18.9 Å². The molecule has 0 unspecified atom stereocenters. The molecule has 1 aromatic heterocycles. The van der Waals surface area contributed by atoms with E-state index in [1.807, 2.05) is 0 Å². The van der Waals surface area contributed by atoms with E-state index in [4.69, 9.17) is 0 Å². The fourth-order valence-electron chi connectivity index (χ4n) is 1.47. The van der Waals surface area contributed by atoms with Crippen molar-refractivity contribution in [3.05, 3.63) is 27.0 Å². The Hall–Kier alpha value is -1.70. The summed E-state index contributed by atoms with van der Waals surface area (Å²) < 4.78 is 0.481. The smallest absolute Gasteiger partial charge is 0.311 e. The summed E-state index contributed by atoms with van der Waals surface area (Å²) in [6.45, 7) is 3.76. The second-order valence-electron chi connectivity index (χ2n) is 4.59. The maximum absolute atomic E-state index is 11.6. The molecule has 0 spiro atoms. The van der Waals surface area contributed by atoms with Gasteiger partial charge in [0.1, 0.15) is 11.9 Å². The summed E-state index contributed by atoms with van der Waals surface area (Å²) >= 11 is 3.21. The number of halogens is 1. The Kier molecular flexibility index (Phi) is 4.82. The molecule has 0 aliphatic rings. The molecule has 0 aromatic carbocycles. The fraction of sp³-hybridized carbons (Fsp3) is 0.455. The van der Waals surface area contributed by atoms with Crippen molar-refractivity contribution in [3.63, 3.8) is 0 Å². The molecule has 0 radical (unpaired) electrons. The lowest BCUT2D eigenvalue weighted by Gasteiger charge is -2.23. The lowest BCUT2D eigenvalue weighted by atomic mass is 9.92. The molecule has 0 fully saturated rings. The number of anilines is 1. The van der Waals surface area contributed by atoms with Crippen LogP contribution in [0.5, 0.6) is 0 Å². The molecule has 19 heavy (non-hydrogen) atoms. The quantitative estimate of drug-likeness (QED) is 0.635. The van der Waals surface area contributed by atoms with Crippen molar-refractivity contribution in [2.45, 2.75) is 13.8 Å². The van der Waals surface area contributed by atoms with E-state index in [9.17, 15) is 14.9 Å². The van der Waals surface area contributed by atoms with Gasteiger partial charge >= 0.3 is 5.69 Å². The molecule has 104 valence electrons.